The number of nitrogens with one attached hydrogen (secondary N) is 1. The van der Waals surface area contributed by atoms with Crippen LogP contribution in [-0.2, 0) is 4.79 Å². The van der Waals surface area contributed by atoms with Crippen molar-refractivity contribution < 1.29 is 20.1 Å². The lowest BCUT2D eigenvalue weighted by Crippen LogP contribution is -2.45. The van der Waals surface area contributed by atoms with Crippen molar-refractivity contribution in [3.8, 4) is 0 Å². The van der Waals surface area contributed by atoms with Crippen molar-refractivity contribution in [3.63, 3.8) is 0 Å². The minimum atomic E-state index is -0.954. The van der Waals surface area contributed by atoms with Crippen LogP contribution in [0.3, 0.4) is 0 Å². The molecule has 5 heteroatoms. The zero-order valence-corrected chi connectivity index (χ0v) is 38.2. The number of hydrogen-bond donors (Lipinski definition) is 4. The second-order valence-electron chi connectivity index (χ2n) is 17.4. The maximum atomic E-state index is 12.5. The van der Waals surface area contributed by atoms with E-state index in [4.69, 9.17) is 0 Å². The van der Waals surface area contributed by atoms with Gasteiger partial charge in [-0.05, 0) is 57.8 Å². The second kappa shape index (κ2) is 47.3. The largest absolute Gasteiger partial charge is 0.394 e. The topological polar surface area (TPSA) is 89.8 Å². The molecule has 0 heterocycles. The Labute approximate surface area is 355 Å². The standard InChI is InChI=1S/C52H99NO4/c1-3-5-7-9-11-13-15-17-19-21-23-24-25-26-28-30-32-34-36-38-40-42-44-46-51(56)50(48-54)53-52(57)47-49(55)45-43-41-39-37-35-33-31-29-27-22-20-18-16-14-12-10-8-6-4-2/h29,31,36,38,44,46,49-51,54-56H,3-28,30,32-35,37,39-43,45,47-48H2,1-2H3,(H,53,57)/b31-29-,38-36+,46-44+. The molecule has 0 rings (SSSR count). The molecule has 0 aliphatic rings. The lowest BCUT2D eigenvalue weighted by atomic mass is 10.0. The first kappa shape index (κ1) is 55.6. The average Bonchev–Trinajstić information content (AvgIpc) is 3.20. The molecule has 0 saturated heterocycles. The van der Waals surface area contributed by atoms with Gasteiger partial charge in [-0.2, -0.15) is 0 Å². The van der Waals surface area contributed by atoms with Gasteiger partial charge in [0.15, 0.2) is 0 Å². The summed E-state index contributed by atoms with van der Waals surface area (Å²) in [7, 11) is 0. The molecule has 0 aliphatic heterocycles. The van der Waals surface area contributed by atoms with E-state index in [2.05, 4.69) is 43.5 Å². The third-order valence-electron chi connectivity index (χ3n) is 11.6. The number of hydrogen-bond acceptors (Lipinski definition) is 4. The zero-order chi connectivity index (χ0) is 41.5. The number of carbonyl (C=O) groups is 1. The van der Waals surface area contributed by atoms with E-state index >= 15 is 0 Å². The molecule has 3 unspecified atom stereocenters. The molecule has 0 bridgehead atoms. The second-order valence-corrected chi connectivity index (χ2v) is 17.4. The lowest BCUT2D eigenvalue weighted by molar-refractivity contribution is -0.124. The van der Waals surface area contributed by atoms with Crippen LogP contribution < -0.4 is 5.32 Å². The number of rotatable bonds is 46. The molecule has 0 saturated carbocycles. The Bertz CT molecular complexity index is 885. The molecule has 57 heavy (non-hydrogen) atoms. The highest BCUT2D eigenvalue weighted by Gasteiger charge is 2.20. The van der Waals surface area contributed by atoms with Crippen LogP contribution in [0.4, 0.5) is 0 Å². The first-order valence-electron chi connectivity index (χ1n) is 25.3. The smallest absolute Gasteiger partial charge is 0.222 e. The highest BCUT2D eigenvalue weighted by Crippen LogP contribution is 2.16. The summed E-state index contributed by atoms with van der Waals surface area (Å²) in [5, 5.41) is 33.3. The van der Waals surface area contributed by atoms with E-state index in [0.717, 1.165) is 44.9 Å². The maximum absolute atomic E-state index is 12.5. The summed E-state index contributed by atoms with van der Waals surface area (Å²) in [5.74, 6) is -0.328. The van der Waals surface area contributed by atoms with Crippen molar-refractivity contribution in [2.45, 2.75) is 283 Å². The van der Waals surface area contributed by atoms with Crippen LogP contribution in [-0.4, -0.2) is 46.1 Å². The third kappa shape index (κ3) is 44.0. The summed E-state index contributed by atoms with van der Waals surface area (Å²) in [6.07, 6.45) is 60.2. The number of amides is 1. The van der Waals surface area contributed by atoms with E-state index in [1.165, 1.54) is 193 Å². The van der Waals surface area contributed by atoms with Gasteiger partial charge >= 0.3 is 0 Å². The molecule has 336 valence electrons. The normalized spacial score (nSPS) is 13.7. The van der Waals surface area contributed by atoms with Crippen molar-refractivity contribution in [2.24, 2.45) is 0 Å². The summed E-state index contributed by atoms with van der Waals surface area (Å²) in [5.41, 5.74) is 0. The van der Waals surface area contributed by atoms with Crippen molar-refractivity contribution in [2.75, 3.05) is 6.61 Å². The summed E-state index contributed by atoms with van der Waals surface area (Å²) in [4.78, 5) is 12.5. The molecule has 0 aromatic heterocycles. The molecule has 0 fully saturated rings. The van der Waals surface area contributed by atoms with Crippen LogP contribution >= 0.6 is 0 Å². The van der Waals surface area contributed by atoms with Crippen LogP contribution in [0.2, 0.25) is 0 Å². The molecule has 0 aromatic rings. The Morgan fingerprint density at radius 2 is 0.754 bits per heavy atom. The summed E-state index contributed by atoms with van der Waals surface area (Å²) in [6.45, 7) is 4.22. The van der Waals surface area contributed by atoms with E-state index < -0.39 is 18.2 Å². The number of carbonyl (C=O) groups excluding carboxylic acids is 1. The van der Waals surface area contributed by atoms with Crippen LogP contribution in [0.15, 0.2) is 36.5 Å². The van der Waals surface area contributed by atoms with Crippen molar-refractivity contribution >= 4 is 5.91 Å². The SMILES string of the molecule is CCCCCCCCCCCC/C=C\CCCCCCCC(O)CC(=O)NC(CO)C(O)/C=C/CC/C=C/CCCCCCCCCCCCCCCCCCC. The van der Waals surface area contributed by atoms with Gasteiger partial charge in [0, 0.05) is 0 Å². The number of aliphatic hydroxyl groups excluding tert-OH is 3. The highest BCUT2D eigenvalue weighted by molar-refractivity contribution is 5.76. The van der Waals surface area contributed by atoms with Crippen LogP contribution in [0, 0.1) is 0 Å². The quantitative estimate of drug-likeness (QED) is 0.0365. The molecule has 0 aromatic carbocycles. The molecule has 0 aliphatic carbocycles. The number of allylic oxidation sites excluding steroid dienone is 5. The van der Waals surface area contributed by atoms with Gasteiger partial charge in [-0.3, -0.25) is 4.79 Å². The van der Waals surface area contributed by atoms with Gasteiger partial charge in [0.2, 0.25) is 5.91 Å². The highest BCUT2D eigenvalue weighted by atomic mass is 16.3. The summed E-state index contributed by atoms with van der Waals surface area (Å²) in [6, 6.07) is -0.764. The fraction of sp³-hybridized carbons (Fsp3) is 0.865. The molecule has 5 nitrogen and oxygen atoms in total. The Hall–Kier alpha value is -1.43. The minimum Gasteiger partial charge on any atom is -0.394 e. The molecule has 0 spiro atoms. The fourth-order valence-electron chi connectivity index (χ4n) is 7.76. The number of aliphatic hydroxyl groups is 3. The molecular weight excluding hydrogens is 703 g/mol. The maximum Gasteiger partial charge on any atom is 0.222 e. The van der Waals surface area contributed by atoms with E-state index in [-0.39, 0.29) is 18.9 Å². The van der Waals surface area contributed by atoms with Crippen LogP contribution in [0.25, 0.3) is 0 Å². The van der Waals surface area contributed by atoms with Gasteiger partial charge in [-0.1, -0.05) is 237 Å². The van der Waals surface area contributed by atoms with Crippen molar-refractivity contribution in [1.29, 1.82) is 0 Å². The van der Waals surface area contributed by atoms with E-state index in [1.54, 1.807) is 6.08 Å². The molecule has 0 radical (unpaired) electrons. The van der Waals surface area contributed by atoms with Gasteiger partial charge < -0.3 is 20.6 Å². The molecule has 3 atom stereocenters. The molecule has 4 N–H and O–H groups in total. The molecule has 1 amide bonds. The van der Waals surface area contributed by atoms with Crippen molar-refractivity contribution in [3.05, 3.63) is 36.5 Å². The van der Waals surface area contributed by atoms with E-state index in [0.29, 0.717) is 6.42 Å². The first-order valence-corrected chi connectivity index (χ1v) is 25.3. The zero-order valence-electron chi connectivity index (χ0n) is 38.2. The Morgan fingerprint density at radius 1 is 0.439 bits per heavy atom. The van der Waals surface area contributed by atoms with Crippen molar-refractivity contribution in [1.82, 2.24) is 5.32 Å². The van der Waals surface area contributed by atoms with Gasteiger partial charge in [-0.15, -0.1) is 0 Å². The van der Waals surface area contributed by atoms with Gasteiger partial charge in [-0.25, -0.2) is 0 Å². The van der Waals surface area contributed by atoms with Crippen LogP contribution in [0.1, 0.15) is 264 Å². The summed E-state index contributed by atoms with van der Waals surface area (Å²) < 4.78 is 0. The first-order chi connectivity index (χ1) is 28.0. The van der Waals surface area contributed by atoms with Gasteiger partial charge in [0.25, 0.3) is 0 Å². The van der Waals surface area contributed by atoms with Gasteiger partial charge in [0.1, 0.15) is 0 Å². The summed E-state index contributed by atoms with van der Waals surface area (Å²) >= 11 is 0. The van der Waals surface area contributed by atoms with E-state index in [9.17, 15) is 20.1 Å². The average molecular weight is 802 g/mol. The monoisotopic (exact) mass is 802 g/mol. The lowest BCUT2D eigenvalue weighted by Gasteiger charge is -2.20. The Balaban J connectivity index is 3.66. The fourth-order valence-corrected chi connectivity index (χ4v) is 7.76. The van der Waals surface area contributed by atoms with Crippen LogP contribution in [0.5, 0.6) is 0 Å². The van der Waals surface area contributed by atoms with Gasteiger partial charge in [0.05, 0.1) is 31.3 Å². The Kier molecular flexibility index (Phi) is 46.1. The van der Waals surface area contributed by atoms with E-state index in [1.807, 2.05) is 6.08 Å². The Morgan fingerprint density at radius 3 is 1.12 bits per heavy atom. The predicted octanol–water partition coefficient (Wildman–Crippen LogP) is 15.1. The minimum absolute atomic E-state index is 0.00100. The predicted molar refractivity (Wildman–Crippen MR) is 250 cm³/mol. The molecular formula is C52H99NO4. The number of unbranched alkanes of at least 4 members (excludes halogenated alkanes) is 33. The third-order valence-corrected chi connectivity index (χ3v) is 11.6.